The monoisotopic (exact) mass is 413 g/mol. The van der Waals surface area contributed by atoms with Crippen LogP contribution in [0.2, 0.25) is 0 Å². The summed E-state index contributed by atoms with van der Waals surface area (Å²) in [5.74, 6) is 2.80. The molecule has 0 aromatic heterocycles. The molecule has 0 radical (unpaired) electrons. The summed E-state index contributed by atoms with van der Waals surface area (Å²) in [4.78, 5) is 12.7. The van der Waals surface area contributed by atoms with E-state index in [-0.39, 0.29) is 11.9 Å². The van der Waals surface area contributed by atoms with E-state index in [1.165, 1.54) is 0 Å². The Morgan fingerprint density at radius 1 is 0.967 bits per heavy atom. The van der Waals surface area contributed by atoms with E-state index in [4.69, 9.17) is 14.2 Å². The fraction of sp³-hybridized carbons (Fsp3) is 0.480. The van der Waals surface area contributed by atoms with Crippen molar-refractivity contribution in [2.75, 3.05) is 20.3 Å². The minimum absolute atomic E-state index is 0.0114. The molecule has 0 unspecified atom stereocenters. The van der Waals surface area contributed by atoms with Gasteiger partial charge in [0.05, 0.1) is 26.4 Å². The van der Waals surface area contributed by atoms with Gasteiger partial charge in [0, 0.05) is 6.42 Å². The van der Waals surface area contributed by atoms with Crippen LogP contribution in [-0.4, -0.2) is 26.2 Å². The van der Waals surface area contributed by atoms with Crippen LogP contribution in [0.15, 0.2) is 42.5 Å². The van der Waals surface area contributed by atoms with Crippen LogP contribution in [0.4, 0.5) is 0 Å². The molecule has 30 heavy (non-hydrogen) atoms. The van der Waals surface area contributed by atoms with E-state index in [0.717, 1.165) is 34.8 Å². The number of hydrogen-bond donors (Lipinski definition) is 1. The number of methoxy groups -OCH3 is 1. The van der Waals surface area contributed by atoms with Crippen molar-refractivity contribution in [3.05, 3.63) is 53.6 Å². The number of carbonyl (C=O) groups is 1. The minimum atomic E-state index is -0.0114. The van der Waals surface area contributed by atoms with Gasteiger partial charge in [-0.2, -0.15) is 0 Å². The second-order valence-corrected chi connectivity index (χ2v) is 7.67. The first-order chi connectivity index (χ1) is 14.5. The summed E-state index contributed by atoms with van der Waals surface area (Å²) >= 11 is 0. The molecule has 1 atom stereocenters. The van der Waals surface area contributed by atoms with E-state index >= 15 is 0 Å². The topological polar surface area (TPSA) is 56.8 Å². The molecule has 0 spiro atoms. The quantitative estimate of drug-likeness (QED) is 0.511. The van der Waals surface area contributed by atoms with Crippen LogP contribution in [0.5, 0.6) is 17.2 Å². The Balaban J connectivity index is 2.01. The van der Waals surface area contributed by atoms with Crippen molar-refractivity contribution in [3.63, 3.8) is 0 Å². The van der Waals surface area contributed by atoms with Crippen molar-refractivity contribution >= 4 is 5.91 Å². The van der Waals surface area contributed by atoms with Gasteiger partial charge in [-0.25, -0.2) is 0 Å². The second-order valence-electron chi connectivity index (χ2n) is 7.67. The minimum Gasteiger partial charge on any atom is -0.497 e. The predicted molar refractivity (Wildman–Crippen MR) is 120 cm³/mol. The summed E-state index contributed by atoms with van der Waals surface area (Å²) in [5.41, 5.74) is 2.15. The number of rotatable bonds is 12. The lowest BCUT2D eigenvalue weighted by atomic mass is 9.96. The number of nitrogens with one attached hydrogen (secondary N) is 1. The summed E-state index contributed by atoms with van der Waals surface area (Å²) in [5, 5.41) is 3.21. The predicted octanol–water partition coefficient (Wildman–Crippen LogP) is 5.33. The SMILES string of the molecule is CCOc1ccc(CCC(=O)N[C@@H](CC(C)C)c2ccc(OC)cc2)cc1OCC. The largest absolute Gasteiger partial charge is 0.497 e. The molecule has 0 saturated heterocycles. The number of amides is 1. The highest BCUT2D eigenvalue weighted by atomic mass is 16.5. The number of carbonyl (C=O) groups excluding carboxylic acids is 1. The average molecular weight is 414 g/mol. The zero-order valence-electron chi connectivity index (χ0n) is 18.9. The maximum Gasteiger partial charge on any atom is 0.220 e. The van der Waals surface area contributed by atoms with Gasteiger partial charge in [-0.3, -0.25) is 4.79 Å². The molecule has 5 heteroatoms. The van der Waals surface area contributed by atoms with Crippen molar-refractivity contribution in [1.29, 1.82) is 0 Å². The summed E-state index contributed by atoms with van der Waals surface area (Å²) in [6.07, 6.45) is 1.95. The summed E-state index contributed by atoms with van der Waals surface area (Å²) in [6, 6.07) is 13.8. The fourth-order valence-electron chi connectivity index (χ4n) is 3.36. The molecule has 0 aliphatic rings. The Labute approximate surface area is 180 Å². The Bertz CT molecular complexity index is 786. The maximum atomic E-state index is 12.7. The van der Waals surface area contributed by atoms with Crippen molar-refractivity contribution in [2.24, 2.45) is 5.92 Å². The molecule has 0 heterocycles. The van der Waals surface area contributed by atoms with Crippen molar-refractivity contribution in [1.82, 2.24) is 5.32 Å². The van der Waals surface area contributed by atoms with Gasteiger partial charge in [0.2, 0.25) is 5.91 Å². The molecule has 0 bridgehead atoms. The standard InChI is InChI=1S/C25H35NO4/c1-6-29-23-14-8-19(17-24(23)30-7-2)9-15-25(27)26-22(16-18(3)4)20-10-12-21(28-5)13-11-20/h8,10-14,17-18,22H,6-7,9,15-16H2,1-5H3,(H,26,27)/t22-/m0/s1. The molecule has 0 fully saturated rings. The average Bonchev–Trinajstić information content (AvgIpc) is 2.73. The number of benzene rings is 2. The third-order valence-corrected chi connectivity index (χ3v) is 4.81. The van der Waals surface area contributed by atoms with E-state index in [0.29, 0.717) is 32.0 Å². The highest BCUT2D eigenvalue weighted by Crippen LogP contribution is 2.29. The summed E-state index contributed by atoms with van der Waals surface area (Å²) in [6.45, 7) is 9.39. The van der Waals surface area contributed by atoms with Crippen molar-refractivity contribution < 1.29 is 19.0 Å². The summed E-state index contributed by atoms with van der Waals surface area (Å²) < 4.78 is 16.5. The molecule has 2 aromatic carbocycles. The van der Waals surface area contributed by atoms with Gasteiger partial charge in [-0.05, 0) is 68.0 Å². The zero-order chi connectivity index (χ0) is 21.9. The molecule has 1 amide bonds. The van der Waals surface area contributed by atoms with E-state index in [2.05, 4.69) is 19.2 Å². The number of ether oxygens (including phenoxy) is 3. The van der Waals surface area contributed by atoms with Crippen LogP contribution in [0.25, 0.3) is 0 Å². The van der Waals surface area contributed by atoms with E-state index < -0.39 is 0 Å². The lowest BCUT2D eigenvalue weighted by molar-refractivity contribution is -0.121. The lowest BCUT2D eigenvalue weighted by Gasteiger charge is -2.21. The molecule has 5 nitrogen and oxygen atoms in total. The van der Waals surface area contributed by atoms with Crippen LogP contribution in [0.1, 0.15) is 57.7 Å². The Morgan fingerprint density at radius 3 is 2.23 bits per heavy atom. The van der Waals surface area contributed by atoms with E-state index in [1.807, 2.05) is 56.3 Å². The second kappa shape index (κ2) is 12.1. The molecule has 0 aliphatic carbocycles. The molecule has 0 saturated carbocycles. The summed E-state index contributed by atoms with van der Waals surface area (Å²) in [7, 11) is 1.65. The van der Waals surface area contributed by atoms with Gasteiger partial charge in [-0.15, -0.1) is 0 Å². The molecule has 2 aromatic rings. The van der Waals surface area contributed by atoms with Gasteiger partial charge in [0.25, 0.3) is 0 Å². The first kappa shape index (κ1) is 23.6. The fourth-order valence-corrected chi connectivity index (χ4v) is 3.36. The lowest BCUT2D eigenvalue weighted by Crippen LogP contribution is -2.29. The Morgan fingerprint density at radius 2 is 1.63 bits per heavy atom. The zero-order valence-corrected chi connectivity index (χ0v) is 18.9. The van der Waals surface area contributed by atoms with Crippen LogP contribution >= 0.6 is 0 Å². The first-order valence-electron chi connectivity index (χ1n) is 10.8. The Hall–Kier alpha value is -2.69. The van der Waals surface area contributed by atoms with Crippen LogP contribution < -0.4 is 19.5 Å². The molecule has 164 valence electrons. The highest BCUT2D eigenvalue weighted by Gasteiger charge is 2.17. The van der Waals surface area contributed by atoms with Crippen LogP contribution in [0, 0.1) is 5.92 Å². The molecular formula is C25H35NO4. The van der Waals surface area contributed by atoms with E-state index in [1.54, 1.807) is 7.11 Å². The molecule has 0 aliphatic heterocycles. The molecule has 1 N–H and O–H groups in total. The van der Waals surface area contributed by atoms with Crippen molar-refractivity contribution in [3.8, 4) is 17.2 Å². The van der Waals surface area contributed by atoms with Crippen LogP contribution in [0.3, 0.4) is 0 Å². The van der Waals surface area contributed by atoms with Crippen molar-refractivity contribution in [2.45, 2.75) is 53.0 Å². The normalized spacial score (nSPS) is 11.8. The maximum absolute atomic E-state index is 12.7. The highest BCUT2D eigenvalue weighted by molar-refractivity contribution is 5.76. The third kappa shape index (κ3) is 7.29. The molecule has 2 rings (SSSR count). The van der Waals surface area contributed by atoms with Gasteiger partial charge >= 0.3 is 0 Å². The van der Waals surface area contributed by atoms with Gasteiger partial charge in [-0.1, -0.05) is 32.0 Å². The van der Waals surface area contributed by atoms with Gasteiger partial charge in [0.1, 0.15) is 5.75 Å². The van der Waals surface area contributed by atoms with Gasteiger partial charge in [0.15, 0.2) is 11.5 Å². The van der Waals surface area contributed by atoms with Crippen LogP contribution in [-0.2, 0) is 11.2 Å². The third-order valence-electron chi connectivity index (χ3n) is 4.81. The molecular weight excluding hydrogens is 378 g/mol. The Kier molecular flexibility index (Phi) is 9.52. The number of hydrogen-bond acceptors (Lipinski definition) is 4. The number of aryl methyl sites for hydroxylation is 1. The first-order valence-corrected chi connectivity index (χ1v) is 10.8. The smallest absolute Gasteiger partial charge is 0.220 e. The van der Waals surface area contributed by atoms with Gasteiger partial charge < -0.3 is 19.5 Å². The van der Waals surface area contributed by atoms with E-state index in [9.17, 15) is 4.79 Å².